The molecule has 0 aromatic heterocycles. The van der Waals surface area contributed by atoms with Crippen LogP contribution < -0.4 is 4.90 Å². The molecule has 9 nitrogen and oxygen atoms in total. The molecule has 1 unspecified atom stereocenters. The number of carboxylic acid groups (broad SMARTS) is 1. The number of hydrogen-bond donors (Lipinski definition) is 1. The van der Waals surface area contributed by atoms with Crippen LogP contribution in [0.5, 0.6) is 0 Å². The second-order valence-corrected chi connectivity index (χ2v) is 6.86. The maximum absolute atomic E-state index is 12.4. The molecule has 0 bridgehead atoms. The predicted octanol–water partition coefficient (Wildman–Crippen LogP) is 3.16. The lowest BCUT2D eigenvalue weighted by atomic mass is 10.1. The standard InChI is InChI=1S/C19H18ClN3O6/c20-14-6-7-15(23(27)28)16(10-14)22-9-8-21(11-17(22)18(24)25)19(26)29-12-13-4-2-1-3-5-13/h1-7,10,17H,8-9,11-12H2,(H,24,25). The normalized spacial score (nSPS) is 16.4. The van der Waals surface area contributed by atoms with Crippen LogP contribution in [0.1, 0.15) is 5.56 Å². The van der Waals surface area contributed by atoms with Crippen molar-refractivity contribution >= 4 is 35.0 Å². The van der Waals surface area contributed by atoms with E-state index < -0.39 is 23.0 Å². The van der Waals surface area contributed by atoms with Gasteiger partial charge in [-0.3, -0.25) is 10.1 Å². The summed E-state index contributed by atoms with van der Waals surface area (Å²) >= 11 is 5.97. The summed E-state index contributed by atoms with van der Waals surface area (Å²) in [7, 11) is 0. The number of hydrogen-bond acceptors (Lipinski definition) is 6. The molecule has 152 valence electrons. The van der Waals surface area contributed by atoms with Gasteiger partial charge in [0.2, 0.25) is 0 Å². The van der Waals surface area contributed by atoms with Gasteiger partial charge in [-0.05, 0) is 17.7 Å². The number of piperazine rings is 1. The molecule has 0 radical (unpaired) electrons. The van der Waals surface area contributed by atoms with Gasteiger partial charge in [-0.1, -0.05) is 41.9 Å². The van der Waals surface area contributed by atoms with Crippen molar-refractivity contribution in [2.75, 3.05) is 24.5 Å². The van der Waals surface area contributed by atoms with E-state index in [0.717, 1.165) is 5.56 Å². The first kappa shape index (κ1) is 20.4. The Labute approximate surface area is 171 Å². The third kappa shape index (κ3) is 4.75. The van der Waals surface area contributed by atoms with E-state index >= 15 is 0 Å². The highest BCUT2D eigenvalue weighted by molar-refractivity contribution is 6.31. The molecule has 2 aromatic carbocycles. The van der Waals surface area contributed by atoms with Crippen LogP contribution in [0.25, 0.3) is 0 Å². The Morgan fingerprint density at radius 2 is 1.93 bits per heavy atom. The average molecular weight is 420 g/mol. The van der Waals surface area contributed by atoms with Crippen LogP contribution in [0.4, 0.5) is 16.2 Å². The Morgan fingerprint density at radius 1 is 1.21 bits per heavy atom. The molecule has 2 aromatic rings. The van der Waals surface area contributed by atoms with Crippen LogP contribution in [0.15, 0.2) is 48.5 Å². The van der Waals surface area contributed by atoms with E-state index in [4.69, 9.17) is 16.3 Å². The number of carboxylic acids is 1. The lowest BCUT2D eigenvalue weighted by molar-refractivity contribution is -0.384. The van der Waals surface area contributed by atoms with E-state index in [-0.39, 0.29) is 42.6 Å². The van der Waals surface area contributed by atoms with E-state index in [1.54, 1.807) is 0 Å². The summed E-state index contributed by atoms with van der Waals surface area (Å²) in [5.41, 5.74) is 0.664. The van der Waals surface area contributed by atoms with Gasteiger partial charge in [0, 0.05) is 24.2 Å². The van der Waals surface area contributed by atoms with Gasteiger partial charge in [-0.2, -0.15) is 0 Å². The Balaban J connectivity index is 1.75. The number of halogens is 1. The molecule has 1 aliphatic heterocycles. The van der Waals surface area contributed by atoms with Gasteiger partial charge in [0.1, 0.15) is 18.3 Å². The van der Waals surface area contributed by atoms with Crippen molar-refractivity contribution in [3.63, 3.8) is 0 Å². The van der Waals surface area contributed by atoms with Crippen LogP contribution in [-0.4, -0.2) is 52.7 Å². The lowest BCUT2D eigenvalue weighted by Crippen LogP contribution is -2.58. The molecule has 1 N–H and O–H groups in total. The second-order valence-electron chi connectivity index (χ2n) is 6.42. The molecule has 29 heavy (non-hydrogen) atoms. The number of carbonyl (C=O) groups is 2. The van der Waals surface area contributed by atoms with E-state index in [1.165, 1.54) is 28.0 Å². The van der Waals surface area contributed by atoms with Gasteiger partial charge in [-0.25, -0.2) is 9.59 Å². The number of amides is 1. The fourth-order valence-electron chi connectivity index (χ4n) is 3.14. The molecule has 0 saturated carbocycles. The molecular weight excluding hydrogens is 402 g/mol. The van der Waals surface area contributed by atoms with Gasteiger partial charge < -0.3 is 19.6 Å². The summed E-state index contributed by atoms with van der Waals surface area (Å²) in [6.45, 7) is 0.129. The summed E-state index contributed by atoms with van der Waals surface area (Å²) < 4.78 is 5.26. The molecule has 10 heteroatoms. The average Bonchev–Trinajstić information content (AvgIpc) is 2.72. The maximum atomic E-state index is 12.4. The minimum atomic E-state index is -1.21. The molecule has 1 atom stereocenters. The van der Waals surface area contributed by atoms with Crippen molar-refractivity contribution in [3.05, 3.63) is 69.2 Å². The van der Waals surface area contributed by atoms with Crippen molar-refractivity contribution < 1.29 is 24.4 Å². The van der Waals surface area contributed by atoms with Gasteiger partial charge >= 0.3 is 12.1 Å². The number of aliphatic carboxylic acids is 1. The van der Waals surface area contributed by atoms with Crippen molar-refractivity contribution in [3.8, 4) is 0 Å². The largest absolute Gasteiger partial charge is 0.480 e. The Kier molecular flexibility index (Phi) is 6.18. The molecule has 1 heterocycles. The smallest absolute Gasteiger partial charge is 0.410 e. The zero-order valence-electron chi connectivity index (χ0n) is 15.2. The fourth-order valence-corrected chi connectivity index (χ4v) is 3.31. The number of nitrogens with zero attached hydrogens (tertiary/aromatic N) is 3. The monoisotopic (exact) mass is 419 g/mol. The number of benzene rings is 2. The van der Waals surface area contributed by atoms with E-state index in [2.05, 4.69) is 0 Å². The van der Waals surface area contributed by atoms with Crippen LogP contribution >= 0.6 is 11.6 Å². The molecule has 1 amide bonds. The van der Waals surface area contributed by atoms with Gasteiger partial charge in [0.05, 0.1) is 11.5 Å². The number of nitro benzene ring substituents is 1. The number of ether oxygens (including phenoxy) is 1. The number of carbonyl (C=O) groups excluding carboxylic acids is 1. The Bertz CT molecular complexity index is 923. The highest BCUT2D eigenvalue weighted by Crippen LogP contribution is 2.33. The fraction of sp³-hybridized carbons (Fsp3) is 0.263. The van der Waals surface area contributed by atoms with E-state index in [0.29, 0.717) is 0 Å². The molecule has 1 saturated heterocycles. The van der Waals surface area contributed by atoms with Crippen molar-refractivity contribution in [1.82, 2.24) is 4.90 Å². The topological polar surface area (TPSA) is 113 Å². The van der Waals surface area contributed by atoms with Crippen LogP contribution in [-0.2, 0) is 16.1 Å². The summed E-state index contributed by atoms with van der Waals surface area (Å²) in [6.07, 6.45) is -0.639. The van der Waals surface area contributed by atoms with Gasteiger partial charge in [-0.15, -0.1) is 0 Å². The van der Waals surface area contributed by atoms with E-state index in [9.17, 15) is 24.8 Å². The quantitative estimate of drug-likeness (QED) is 0.584. The molecule has 1 aliphatic rings. The van der Waals surface area contributed by atoms with Crippen LogP contribution in [0, 0.1) is 10.1 Å². The highest BCUT2D eigenvalue weighted by Gasteiger charge is 2.37. The van der Waals surface area contributed by atoms with Gasteiger partial charge in [0.25, 0.3) is 5.69 Å². The zero-order chi connectivity index (χ0) is 21.0. The number of anilines is 1. The maximum Gasteiger partial charge on any atom is 0.410 e. The third-order valence-corrected chi connectivity index (χ3v) is 4.81. The van der Waals surface area contributed by atoms with E-state index in [1.807, 2.05) is 30.3 Å². The van der Waals surface area contributed by atoms with Gasteiger partial charge in [0.15, 0.2) is 0 Å². The molecule has 1 fully saturated rings. The first-order valence-electron chi connectivity index (χ1n) is 8.76. The Morgan fingerprint density at radius 3 is 2.59 bits per heavy atom. The number of rotatable bonds is 5. The first-order valence-corrected chi connectivity index (χ1v) is 9.13. The molecular formula is C19H18ClN3O6. The Hall–Kier alpha value is -3.33. The summed E-state index contributed by atoms with van der Waals surface area (Å²) in [5, 5.41) is 21.3. The number of nitro groups is 1. The summed E-state index contributed by atoms with van der Waals surface area (Å²) in [5.74, 6) is -1.21. The lowest BCUT2D eigenvalue weighted by Gasteiger charge is -2.39. The van der Waals surface area contributed by atoms with Crippen molar-refractivity contribution in [2.24, 2.45) is 0 Å². The van der Waals surface area contributed by atoms with Crippen molar-refractivity contribution in [2.45, 2.75) is 12.6 Å². The SMILES string of the molecule is O=C(O)C1CN(C(=O)OCc2ccccc2)CCN1c1cc(Cl)ccc1[N+](=O)[O-]. The third-order valence-electron chi connectivity index (χ3n) is 4.57. The molecule has 0 aliphatic carbocycles. The van der Waals surface area contributed by atoms with Crippen LogP contribution in [0.3, 0.4) is 0 Å². The van der Waals surface area contributed by atoms with Crippen molar-refractivity contribution in [1.29, 1.82) is 0 Å². The van der Waals surface area contributed by atoms with Crippen LogP contribution in [0.2, 0.25) is 5.02 Å². The molecule has 3 rings (SSSR count). The zero-order valence-corrected chi connectivity index (χ0v) is 16.0. The summed E-state index contributed by atoms with van der Waals surface area (Å²) in [6, 6.07) is 11.9. The summed E-state index contributed by atoms with van der Waals surface area (Å²) in [4.78, 5) is 37.6. The first-order chi connectivity index (χ1) is 13.9. The minimum absolute atomic E-state index is 0.0669. The molecule has 0 spiro atoms. The minimum Gasteiger partial charge on any atom is -0.480 e. The second kappa shape index (κ2) is 8.78. The predicted molar refractivity (Wildman–Crippen MR) is 105 cm³/mol. The highest BCUT2D eigenvalue weighted by atomic mass is 35.5.